The highest BCUT2D eigenvalue weighted by Crippen LogP contribution is 2.60. The number of hydrogen-bond acceptors (Lipinski definition) is 5. The summed E-state index contributed by atoms with van der Waals surface area (Å²) in [4.78, 5) is 28.4. The molecule has 5 aliphatic rings. The normalized spacial score (nSPS) is 37.0. The van der Waals surface area contributed by atoms with Crippen molar-refractivity contribution < 1.29 is 9.59 Å². The molecule has 4 saturated carbocycles. The number of nitrogens with one attached hydrogen (secondary N) is 1. The van der Waals surface area contributed by atoms with Crippen LogP contribution < -0.4 is 5.32 Å². The first-order valence-electron chi connectivity index (χ1n) is 10.5. The molecular weight excluding hydrogens is 360 g/mol. The molecule has 2 heterocycles. The highest BCUT2D eigenvalue weighted by Gasteiger charge is 2.56. The summed E-state index contributed by atoms with van der Waals surface area (Å²) in [5.74, 6) is 2.40. The van der Waals surface area contributed by atoms with Gasteiger partial charge in [0.15, 0.2) is 0 Å². The van der Waals surface area contributed by atoms with Crippen molar-refractivity contribution in [2.24, 2.45) is 23.2 Å². The second-order valence-corrected chi connectivity index (χ2v) is 10.3. The Morgan fingerprint density at radius 2 is 1.81 bits per heavy atom. The van der Waals surface area contributed by atoms with Crippen molar-refractivity contribution in [3.05, 3.63) is 5.01 Å². The van der Waals surface area contributed by atoms with Crippen molar-refractivity contribution in [1.82, 2.24) is 15.1 Å². The van der Waals surface area contributed by atoms with Gasteiger partial charge in [-0.3, -0.25) is 14.9 Å². The molecule has 6 rings (SSSR count). The number of anilines is 1. The van der Waals surface area contributed by atoms with Gasteiger partial charge in [-0.1, -0.05) is 18.3 Å². The quantitative estimate of drug-likeness (QED) is 0.859. The molecule has 2 amide bonds. The van der Waals surface area contributed by atoms with Crippen molar-refractivity contribution in [3.63, 3.8) is 0 Å². The first-order valence-corrected chi connectivity index (χ1v) is 11.3. The van der Waals surface area contributed by atoms with E-state index in [1.807, 2.05) is 11.8 Å². The second-order valence-electron chi connectivity index (χ2n) is 9.20. The van der Waals surface area contributed by atoms with Crippen molar-refractivity contribution in [2.75, 3.05) is 11.9 Å². The minimum Gasteiger partial charge on any atom is -0.330 e. The molecule has 146 valence electrons. The lowest BCUT2D eigenvalue weighted by atomic mass is 9.49. The van der Waals surface area contributed by atoms with E-state index in [1.165, 1.54) is 30.6 Å². The van der Waals surface area contributed by atoms with Gasteiger partial charge in [-0.25, -0.2) is 0 Å². The van der Waals surface area contributed by atoms with Crippen molar-refractivity contribution in [2.45, 2.75) is 70.8 Å². The van der Waals surface area contributed by atoms with E-state index in [0.717, 1.165) is 67.8 Å². The number of aromatic nitrogens is 2. The van der Waals surface area contributed by atoms with E-state index in [4.69, 9.17) is 0 Å². The van der Waals surface area contributed by atoms with E-state index in [0.29, 0.717) is 5.13 Å². The van der Waals surface area contributed by atoms with Crippen LogP contribution >= 0.6 is 11.3 Å². The lowest BCUT2D eigenvalue weighted by Crippen LogP contribution is -2.56. The Morgan fingerprint density at radius 3 is 2.41 bits per heavy atom. The van der Waals surface area contributed by atoms with Crippen LogP contribution in [-0.4, -0.2) is 39.5 Å². The number of carbonyl (C=O) groups is 2. The summed E-state index contributed by atoms with van der Waals surface area (Å²) >= 11 is 1.42. The van der Waals surface area contributed by atoms with Gasteiger partial charge >= 0.3 is 0 Å². The number of carbonyl (C=O) groups excluding carboxylic acids is 2. The number of hydrogen-bond donors (Lipinski definition) is 1. The van der Waals surface area contributed by atoms with Gasteiger partial charge < -0.3 is 4.90 Å². The summed E-state index contributed by atoms with van der Waals surface area (Å²) < 4.78 is 0. The Morgan fingerprint density at radius 1 is 1.15 bits per heavy atom. The molecule has 1 aromatic heterocycles. The summed E-state index contributed by atoms with van der Waals surface area (Å²) in [6.45, 7) is 2.74. The van der Waals surface area contributed by atoms with Crippen LogP contribution in [0.15, 0.2) is 0 Å². The number of rotatable bonds is 4. The fourth-order valence-electron chi connectivity index (χ4n) is 6.60. The fraction of sp³-hybridized carbons (Fsp3) is 0.800. The fourth-order valence-corrected chi connectivity index (χ4v) is 7.28. The molecule has 1 aromatic rings. The summed E-state index contributed by atoms with van der Waals surface area (Å²) in [5.41, 5.74) is -0.171. The average Bonchev–Trinajstić information content (AvgIpc) is 3.29. The van der Waals surface area contributed by atoms with Crippen LogP contribution in [0.2, 0.25) is 0 Å². The van der Waals surface area contributed by atoms with Crippen LogP contribution in [0, 0.1) is 23.2 Å². The minimum absolute atomic E-state index is 0.0932. The molecule has 1 atom stereocenters. The van der Waals surface area contributed by atoms with Gasteiger partial charge in [-0.15, -0.1) is 10.2 Å². The smallest absolute Gasteiger partial charge is 0.249 e. The zero-order valence-corrected chi connectivity index (χ0v) is 16.8. The van der Waals surface area contributed by atoms with Crippen molar-refractivity contribution in [3.8, 4) is 0 Å². The van der Waals surface area contributed by atoms with Gasteiger partial charge in [-0.2, -0.15) is 0 Å². The maximum atomic E-state index is 13.6. The molecule has 1 saturated heterocycles. The van der Waals surface area contributed by atoms with E-state index < -0.39 is 0 Å². The van der Waals surface area contributed by atoms with Crippen LogP contribution in [0.1, 0.15) is 63.3 Å². The molecule has 0 unspecified atom stereocenters. The largest absolute Gasteiger partial charge is 0.330 e. The van der Waals surface area contributed by atoms with E-state index >= 15 is 0 Å². The standard InChI is InChI=1S/C20H28N4O2S/c1-2-16-22-23-19(27-16)21-17(25)15-4-3-5-24(15)18(26)20-9-12-6-13(10-20)8-14(7-12)11-20/h12-15H,2-11H2,1H3,(H,21,23,25)/t12?,13?,14?,15-,20?/m0/s1. The molecule has 27 heavy (non-hydrogen) atoms. The Kier molecular flexibility index (Phi) is 4.26. The van der Waals surface area contributed by atoms with E-state index in [-0.39, 0.29) is 23.3 Å². The van der Waals surface area contributed by atoms with Crippen LogP contribution in [-0.2, 0) is 16.0 Å². The third kappa shape index (κ3) is 2.98. The van der Waals surface area contributed by atoms with Gasteiger partial charge in [-0.05, 0) is 75.5 Å². The molecule has 4 aliphatic carbocycles. The van der Waals surface area contributed by atoms with Gasteiger partial charge in [0.1, 0.15) is 11.0 Å². The molecule has 5 fully saturated rings. The first-order chi connectivity index (χ1) is 13.1. The van der Waals surface area contributed by atoms with Gasteiger partial charge in [0, 0.05) is 6.54 Å². The number of likely N-dealkylation sites (tertiary alicyclic amines) is 1. The average molecular weight is 389 g/mol. The first kappa shape index (κ1) is 17.6. The molecule has 4 bridgehead atoms. The summed E-state index contributed by atoms with van der Waals surface area (Å²) in [6, 6.07) is -0.348. The third-order valence-electron chi connectivity index (χ3n) is 7.31. The predicted octanol–water partition coefficient (Wildman–Crippen LogP) is 3.25. The van der Waals surface area contributed by atoms with Crippen LogP contribution in [0.3, 0.4) is 0 Å². The highest BCUT2D eigenvalue weighted by atomic mass is 32.1. The monoisotopic (exact) mass is 388 g/mol. The van der Waals surface area contributed by atoms with Gasteiger partial charge in [0.25, 0.3) is 0 Å². The molecule has 0 radical (unpaired) electrons. The number of nitrogens with zero attached hydrogens (tertiary/aromatic N) is 3. The maximum absolute atomic E-state index is 13.6. The SMILES string of the molecule is CCc1nnc(NC(=O)[C@@H]2CCCN2C(=O)C23CC4CC(CC(C4)C2)C3)s1. The van der Waals surface area contributed by atoms with E-state index in [2.05, 4.69) is 15.5 Å². The molecule has 1 aliphatic heterocycles. The Hall–Kier alpha value is -1.50. The van der Waals surface area contributed by atoms with Crippen LogP contribution in [0.4, 0.5) is 5.13 Å². The molecule has 7 heteroatoms. The zero-order chi connectivity index (χ0) is 18.6. The second kappa shape index (κ2) is 6.54. The molecule has 0 aromatic carbocycles. The lowest BCUT2D eigenvalue weighted by Gasteiger charge is -2.56. The number of amides is 2. The Labute approximate surface area is 164 Å². The zero-order valence-electron chi connectivity index (χ0n) is 15.9. The van der Waals surface area contributed by atoms with Crippen LogP contribution in [0.5, 0.6) is 0 Å². The topological polar surface area (TPSA) is 75.2 Å². The molecular formula is C20H28N4O2S. The Balaban J connectivity index is 1.32. The highest BCUT2D eigenvalue weighted by molar-refractivity contribution is 7.15. The van der Waals surface area contributed by atoms with Crippen LogP contribution in [0.25, 0.3) is 0 Å². The number of aryl methyl sites for hydroxylation is 1. The molecule has 6 nitrogen and oxygen atoms in total. The van der Waals surface area contributed by atoms with Gasteiger partial charge in [0.05, 0.1) is 5.41 Å². The summed E-state index contributed by atoms with van der Waals surface area (Å²) in [7, 11) is 0. The molecule has 0 spiro atoms. The maximum Gasteiger partial charge on any atom is 0.249 e. The Bertz CT molecular complexity index is 726. The lowest BCUT2D eigenvalue weighted by molar-refractivity contribution is -0.160. The minimum atomic E-state index is -0.348. The summed E-state index contributed by atoms with van der Waals surface area (Å²) in [5, 5.41) is 12.5. The van der Waals surface area contributed by atoms with Gasteiger partial charge in [0.2, 0.25) is 16.9 Å². The van der Waals surface area contributed by atoms with Crippen molar-refractivity contribution >= 4 is 28.3 Å². The summed E-state index contributed by atoms with van der Waals surface area (Å²) in [6.07, 6.45) is 9.62. The predicted molar refractivity (Wildman–Crippen MR) is 103 cm³/mol. The van der Waals surface area contributed by atoms with E-state index in [9.17, 15) is 9.59 Å². The van der Waals surface area contributed by atoms with E-state index in [1.54, 1.807) is 0 Å². The van der Waals surface area contributed by atoms with Crippen molar-refractivity contribution in [1.29, 1.82) is 0 Å². The molecule has 1 N–H and O–H groups in total. The third-order valence-corrected chi connectivity index (χ3v) is 8.29.